The van der Waals surface area contributed by atoms with Gasteiger partial charge in [0.2, 0.25) is 5.91 Å². The van der Waals surface area contributed by atoms with Crippen molar-refractivity contribution in [2.45, 2.75) is 44.4 Å². The lowest BCUT2D eigenvalue weighted by molar-refractivity contribution is -0.136. The van der Waals surface area contributed by atoms with Crippen molar-refractivity contribution >= 4 is 35.1 Å². The highest BCUT2D eigenvalue weighted by Crippen LogP contribution is 2.42. The molecule has 0 spiro atoms. The van der Waals surface area contributed by atoms with E-state index in [1.807, 2.05) is 71.6 Å². The predicted octanol–water partition coefficient (Wildman–Crippen LogP) is 7.48. The van der Waals surface area contributed by atoms with Gasteiger partial charge in [0.15, 0.2) is 0 Å². The minimum atomic E-state index is -0.968. The van der Waals surface area contributed by atoms with Crippen molar-refractivity contribution in [3.63, 3.8) is 0 Å². The molecule has 2 N–H and O–H groups in total. The number of amides is 2. The second-order valence-corrected chi connectivity index (χ2v) is 11.7. The van der Waals surface area contributed by atoms with Crippen LogP contribution in [0.3, 0.4) is 0 Å². The Morgan fingerprint density at radius 1 is 0.911 bits per heavy atom. The molecule has 232 valence electrons. The summed E-state index contributed by atoms with van der Waals surface area (Å²) in [5, 5.41) is 12.1. The molecule has 2 atom stereocenters. The fourth-order valence-electron chi connectivity index (χ4n) is 6.08. The van der Waals surface area contributed by atoms with Crippen LogP contribution in [0.15, 0.2) is 91.0 Å². The summed E-state index contributed by atoms with van der Waals surface area (Å²) < 4.78 is 5.30. The van der Waals surface area contributed by atoms with Crippen LogP contribution in [0, 0.1) is 0 Å². The van der Waals surface area contributed by atoms with Crippen LogP contribution in [-0.2, 0) is 16.0 Å². The van der Waals surface area contributed by atoms with Crippen molar-refractivity contribution in [3.05, 3.63) is 118 Å². The van der Waals surface area contributed by atoms with Crippen LogP contribution >= 0.6 is 11.6 Å². The Balaban J connectivity index is 1.45. The maximum absolute atomic E-state index is 14.6. The molecule has 1 aliphatic rings. The molecule has 8 heteroatoms. The molecule has 4 aromatic rings. The van der Waals surface area contributed by atoms with Crippen LogP contribution in [0.25, 0.3) is 11.1 Å². The van der Waals surface area contributed by atoms with Gasteiger partial charge in [-0.3, -0.25) is 14.4 Å². The molecule has 2 amide bonds. The first-order valence-corrected chi connectivity index (χ1v) is 15.6. The van der Waals surface area contributed by atoms with Gasteiger partial charge in [0, 0.05) is 29.4 Å². The fourth-order valence-corrected chi connectivity index (χ4v) is 6.21. The number of fused-ring (bicyclic) bond motifs is 1. The number of benzene rings is 4. The monoisotopic (exact) mass is 624 g/mol. The fraction of sp³-hybridized carbons (Fsp3) is 0.270. The zero-order chi connectivity index (χ0) is 31.9. The van der Waals surface area contributed by atoms with Gasteiger partial charge in [-0.25, -0.2) is 0 Å². The molecule has 0 saturated heterocycles. The Morgan fingerprint density at radius 3 is 2.22 bits per heavy atom. The molecule has 4 aromatic carbocycles. The number of anilines is 1. The largest absolute Gasteiger partial charge is 0.497 e. The number of hydrogen-bond donors (Lipinski definition) is 2. The van der Waals surface area contributed by atoms with E-state index in [1.165, 1.54) is 0 Å². The summed E-state index contributed by atoms with van der Waals surface area (Å²) in [6, 6.07) is 29.0. The first-order valence-electron chi connectivity index (χ1n) is 15.2. The maximum Gasteiger partial charge on any atom is 0.305 e. The van der Waals surface area contributed by atoms with E-state index in [2.05, 4.69) is 24.4 Å². The van der Waals surface area contributed by atoms with Crippen LogP contribution in [0.1, 0.15) is 65.1 Å². The average molecular weight is 625 g/mol. The van der Waals surface area contributed by atoms with E-state index >= 15 is 0 Å². The number of hydrogen-bond acceptors (Lipinski definition) is 4. The Bertz CT molecular complexity index is 1650. The molecule has 2 unspecified atom stereocenters. The van der Waals surface area contributed by atoms with Crippen molar-refractivity contribution in [3.8, 4) is 16.9 Å². The number of carbonyl (C=O) groups excluding carboxylic acids is 2. The number of nitrogens with one attached hydrogen (secondary N) is 1. The first-order chi connectivity index (χ1) is 21.8. The number of halogens is 1. The molecule has 0 aromatic heterocycles. The van der Waals surface area contributed by atoms with Crippen molar-refractivity contribution in [2.24, 2.45) is 0 Å². The number of ether oxygens (including phenoxy) is 1. The van der Waals surface area contributed by atoms with Gasteiger partial charge >= 0.3 is 5.97 Å². The highest BCUT2D eigenvalue weighted by molar-refractivity contribution is 6.30. The van der Waals surface area contributed by atoms with Crippen LogP contribution in [0.2, 0.25) is 5.02 Å². The molecule has 0 bridgehead atoms. The van der Waals surface area contributed by atoms with Gasteiger partial charge in [0.1, 0.15) is 5.75 Å². The molecule has 0 fully saturated rings. The molecular formula is C37H37ClN2O5. The summed E-state index contributed by atoms with van der Waals surface area (Å²) in [6.07, 6.45) is 2.25. The van der Waals surface area contributed by atoms with Gasteiger partial charge in [-0.1, -0.05) is 67.4 Å². The van der Waals surface area contributed by atoms with E-state index in [4.69, 9.17) is 21.4 Å². The molecule has 5 rings (SSSR count). The van der Waals surface area contributed by atoms with Crippen LogP contribution in [0.5, 0.6) is 5.75 Å². The SMILES string of the molecule is CCCC(c1ccc(C(=O)NCCC(=O)O)cc1)C(C(=O)N1CCc2cc(-c3ccc(OC)cc3)ccc21)c1ccc(Cl)cc1. The van der Waals surface area contributed by atoms with Gasteiger partial charge in [0.25, 0.3) is 5.91 Å². The average Bonchev–Trinajstić information content (AvgIpc) is 3.48. The summed E-state index contributed by atoms with van der Waals surface area (Å²) in [5.74, 6) is -1.07. The molecule has 7 nitrogen and oxygen atoms in total. The number of rotatable bonds is 12. The highest BCUT2D eigenvalue weighted by atomic mass is 35.5. The normalized spacial score (nSPS) is 13.5. The number of carboxylic acid groups (broad SMARTS) is 1. The van der Waals surface area contributed by atoms with Crippen molar-refractivity contribution < 1.29 is 24.2 Å². The van der Waals surface area contributed by atoms with Crippen LogP contribution in [0.4, 0.5) is 5.69 Å². The molecule has 1 aliphatic heterocycles. The Morgan fingerprint density at radius 2 is 1.58 bits per heavy atom. The summed E-state index contributed by atoms with van der Waals surface area (Å²) in [6.45, 7) is 2.76. The van der Waals surface area contributed by atoms with Crippen molar-refractivity contribution in [1.29, 1.82) is 0 Å². The standard InChI is InChI=1S/C37H37ClN2O5/c1-3-4-32(25-5-7-27(8-6-25)36(43)39-21-19-34(41)42)35(26-9-14-30(38)15-10-26)37(44)40-22-20-29-23-28(13-18-33(29)40)24-11-16-31(45-2)17-12-24/h5-18,23,32,35H,3-4,19-22H2,1-2H3,(H,39,43)(H,41,42). The van der Waals surface area contributed by atoms with E-state index in [1.54, 1.807) is 19.2 Å². The predicted molar refractivity (Wildman–Crippen MR) is 177 cm³/mol. The summed E-state index contributed by atoms with van der Waals surface area (Å²) in [4.78, 5) is 39.9. The van der Waals surface area contributed by atoms with E-state index in [-0.39, 0.29) is 30.7 Å². The third-order valence-electron chi connectivity index (χ3n) is 8.39. The third kappa shape index (κ3) is 7.37. The third-order valence-corrected chi connectivity index (χ3v) is 8.64. The van der Waals surface area contributed by atoms with Crippen molar-refractivity contribution in [2.75, 3.05) is 25.1 Å². The first kappa shape index (κ1) is 31.8. The number of nitrogens with zero attached hydrogens (tertiary/aromatic N) is 1. The lowest BCUT2D eigenvalue weighted by atomic mass is 9.77. The van der Waals surface area contributed by atoms with Gasteiger partial charge in [-0.15, -0.1) is 0 Å². The molecule has 0 aliphatic carbocycles. The zero-order valence-electron chi connectivity index (χ0n) is 25.5. The topological polar surface area (TPSA) is 95.9 Å². The van der Waals surface area contributed by atoms with Crippen LogP contribution < -0.4 is 15.0 Å². The molecule has 0 saturated carbocycles. The van der Waals surface area contributed by atoms with E-state index in [0.717, 1.165) is 58.5 Å². The van der Waals surface area contributed by atoms with Gasteiger partial charge in [-0.2, -0.15) is 0 Å². The van der Waals surface area contributed by atoms with Crippen LogP contribution in [-0.4, -0.2) is 43.1 Å². The number of methoxy groups -OCH3 is 1. The van der Waals surface area contributed by atoms with Gasteiger partial charge in [-0.05, 0) is 95.1 Å². The Labute approximate surface area is 268 Å². The molecule has 1 heterocycles. The summed E-state index contributed by atoms with van der Waals surface area (Å²) in [5.41, 5.74) is 6.54. The minimum Gasteiger partial charge on any atom is -0.497 e. The molecule has 45 heavy (non-hydrogen) atoms. The lowest BCUT2D eigenvalue weighted by Crippen LogP contribution is -2.36. The molecule has 0 radical (unpaired) electrons. The highest BCUT2D eigenvalue weighted by Gasteiger charge is 2.36. The van der Waals surface area contributed by atoms with Crippen molar-refractivity contribution in [1.82, 2.24) is 5.32 Å². The summed E-state index contributed by atoms with van der Waals surface area (Å²) >= 11 is 6.26. The Kier molecular flexibility index (Phi) is 10.2. The van der Waals surface area contributed by atoms with E-state index in [9.17, 15) is 14.4 Å². The second-order valence-electron chi connectivity index (χ2n) is 11.3. The van der Waals surface area contributed by atoms with E-state index < -0.39 is 11.9 Å². The zero-order valence-corrected chi connectivity index (χ0v) is 26.2. The maximum atomic E-state index is 14.6. The quantitative estimate of drug-likeness (QED) is 0.170. The number of carboxylic acids is 1. The lowest BCUT2D eigenvalue weighted by Gasteiger charge is -2.31. The Hall–Kier alpha value is -4.62. The molecular weight excluding hydrogens is 588 g/mol. The number of aliphatic carboxylic acids is 1. The second kappa shape index (κ2) is 14.4. The summed E-state index contributed by atoms with van der Waals surface area (Å²) in [7, 11) is 1.65. The number of carbonyl (C=O) groups is 3. The van der Waals surface area contributed by atoms with Gasteiger partial charge in [0.05, 0.1) is 19.4 Å². The smallest absolute Gasteiger partial charge is 0.305 e. The minimum absolute atomic E-state index is 0.0298. The van der Waals surface area contributed by atoms with Gasteiger partial charge < -0.3 is 20.1 Å². The van der Waals surface area contributed by atoms with E-state index in [0.29, 0.717) is 17.1 Å².